The fraction of sp³-hybridized carbons (Fsp3) is 0.389. The average Bonchev–Trinajstić information content (AvgIpc) is 3.14. The summed E-state index contributed by atoms with van der Waals surface area (Å²) in [5.74, 6) is 2.28. The molecule has 134 valence electrons. The number of amides is 2. The Labute approximate surface area is 146 Å². The number of ether oxygens (including phenoxy) is 2. The fourth-order valence-electron chi connectivity index (χ4n) is 2.65. The molecule has 0 radical (unpaired) electrons. The maximum Gasteiger partial charge on any atom is 0.315 e. The van der Waals surface area contributed by atoms with Gasteiger partial charge >= 0.3 is 6.03 Å². The average molecular weight is 345 g/mol. The lowest BCUT2D eigenvalue weighted by Gasteiger charge is -2.22. The summed E-state index contributed by atoms with van der Waals surface area (Å²) in [4.78, 5) is 14.1. The topological polar surface area (TPSA) is 76.0 Å². The Morgan fingerprint density at radius 3 is 2.68 bits per heavy atom. The van der Waals surface area contributed by atoms with Crippen molar-refractivity contribution in [3.63, 3.8) is 0 Å². The minimum atomic E-state index is -0.228. The van der Waals surface area contributed by atoms with Crippen molar-refractivity contribution in [1.82, 2.24) is 15.5 Å². The van der Waals surface area contributed by atoms with Crippen LogP contribution in [0.1, 0.15) is 17.4 Å². The van der Waals surface area contributed by atoms with Gasteiger partial charge in [-0.2, -0.15) is 0 Å². The van der Waals surface area contributed by atoms with Crippen LogP contribution in [-0.4, -0.2) is 44.8 Å². The predicted molar refractivity (Wildman–Crippen MR) is 92.8 cm³/mol. The summed E-state index contributed by atoms with van der Waals surface area (Å²) in [6, 6.07) is 9.16. The SMILES string of the molecule is CN(C)[C@H](CNC(=O)NCc1ccc2c(c1)OCCO2)c1ccco1. The number of urea groups is 1. The van der Waals surface area contributed by atoms with Crippen LogP contribution in [0.5, 0.6) is 11.5 Å². The molecule has 0 fully saturated rings. The van der Waals surface area contributed by atoms with Crippen molar-refractivity contribution in [1.29, 1.82) is 0 Å². The number of hydrogen-bond donors (Lipinski definition) is 2. The van der Waals surface area contributed by atoms with E-state index in [4.69, 9.17) is 13.9 Å². The number of likely N-dealkylation sites (N-methyl/N-ethyl adjacent to an activating group) is 1. The van der Waals surface area contributed by atoms with Crippen molar-refractivity contribution >= 4 is 6.03 Å². The van der Waals surface area contributed by atoms with Gasteiger partial charge in [-0.05, 0) is 43.9 Å². The molecule has 25 heavy (non-hydrogen) atoms. The van der Waals surface area contributed by atoms with Crippen molar-refractivity contribution in [3.8, 4) is 11.5 Å². The number of nitrogens with zero attached hydrogens (tertiary/aromatic N) is 1. The summed E-state index contributed by atoms with van der Waals surface area (Å²) in [6.07, 6.45) is 1.63. The van der Waals surface area contributed by atoms with E-state index >= 15 is 0 Å². The largest absolute Gasteiger partial charge is 0.486 e. The first-order chi connectivity index (χ1) is 12.1. The first-order valence-corrected chi connectivity index (χ1v) is 8.23. The van der Waals surface area contributed by atoms with Gasteiger partial charge in [-0.1, -0.05) is 6.07 Å². The minimum absolute atomic E-state index is 0.0185. The van der Waals surface area contributed by atoms with E-state index in [0.29, 0.717) is 26.3 Å². The van der Waals surface area contributed by atoms with Gasteiger partial charge < -0.3 is 24.5 Å². The number of carbonyl (C=O) groups is 1. The summed E-state index contributed by atoms with van der Waals surface area (Å²) >= 11 is 0. The van der Waals surface area contributed by atoms with E-state index < -0.39 is 0 Å². The molecule has 0 bridgehead atoms. The number of furan rings is 1. The molecule has 1 aromatic carbocycles. The summed E-state index contributed by atoms with van der Waals surface area (Å²) in [5.41, 5.74) is 0.953. The molecule has 1 aliphatic heterocycles. The Kier molecular flexibility index (Phi) is 5.45. The van der Waals surface area contributed by atoms with Gasteiger partial charge in [-0.15, -0.1) is 0 Å². The number of carbonyl (C=O) groups excluding carboxylic acids is 1. The number of nitrogens with one attached hydrogen (secondary N) is 2. The number of fused-ring (bicyclic) bond motifs is 1. The fourth-order valence-corrected chi connectivity index (χ4v) is 2.65. The normalized spacial score (nSPS) is 14.2. The van der Waals surface area contributed by atoms with E-state index in [9.17, 15) is 4.79 Å². The Bertz CT molecular complexity index is 700. The van der Waals surface area contributed by atoms with Crippen LogP contribution >= 0.6 is 0 Å². The monoisotopic (exact) mass is 345 g/mol. The van der Waals surface area contributed by atoms with Gasteiger partial charge in [0.15, 0.2) is 11.5 Å². The van der Waals surface area contributed by atoms with Crippen LogP contribution in [0, 0.1) is 0 Å². The Morgan fingerprint density at radius 1 is 1.16 bits per heavy atom. The summed E-state index contributed by atoms with van der Waals surface area (Å²) < 4.78 is 16.5. The molecular weight excluding hydrogens is 322 g/mol. The quantitative estimate of drug-likeness (QED) is 0.839. The third kappa shape index (κ3) is 4.45. The van der Waals surface area contributed by atoms with Crippen molar-refractivity contribution in [2.75, 3.05) is 33.9 Å². The summed E-state index contributed by atoms with van der Waals surface area (Å²) in [6.45, 7) is 1.97. The molecule has 0 unspecified atom stereocenters. The van der Waals surface area contributed by atoms with Crippen LogP contribution in [0.2, 0.25) is 0 Å². The highest BCUT2D eigenvalue weighted by Gasteiger charge is 2.18. The number of hydrogen-bond acceptors (Lipinski definition) is 5. The van der Waals surface area contributed by atoms with Crippen molar-refractivity contribution in [2.24, 2.45) is 0 Å². The van der Waals surface area contributed by atoms with E-state index in [1.54, 1.807) is 6.26 Å². The van der Waals surface area contributed by atoms with Gasteiger partial charge in [-0.3, -0.25) is 4.90 Å². The Hall–Kier alpha value is -2.67. The number of rotatable bonds is 6. The van der Waals surface area contributed by atoms with E-state index in [0.717, 1.165) is 22.8 Å². The minimum Gasteiger partial charge on any atom is -0.486 e. The van der Waals surface area contributed by atoms with Gasteiger partial charge in [0.2, 0.25) is 0 Å². The van der Waals surface area contributed by atoms with Crippen LogP contribution in [0.25, 0.3) is 0 Å². The molecule has 0 spiro atoms. The van der Waals surface area contributed by atoms with Crippen molar-refractivity contribution in [2.45, 2.75) is 12.6 Å². The zero-order chi connectivity index (χ0) is 17.6. The molecule has 1 aliphatic rings. The van der Waals surface area contributed by atoms with Crippen LogP contribution in [0.15, 0.2) is 41.0 Å². The second-order valence-electron chi connectivity index (χ2n) is 6.04. The Morgan fingerprint density at radius 2 is 1.96 bits per heavy atom. The summed E-state index contributed by atoms with van der Waals surface area (Å²) in [5, 5.41) is 5.73. The standard InChI is InChI=1S/C18H23N3O4/c1-21(2)14(15-4-3-7-23-15)12-20-18(22)19-11-13-5-6-16-17(10-13)25-9-8-24-16/h3-7,10,14H,8-9,11-12H2,1-2H3,(H2,19,20,22)/t14-/m1/s1. The van der Waals surface area contributed by atoms with Gasteiger partial charge in [0.1, 0.15) is 19.0 Å². The second-order valence-corrected chi connectivity index (χ2v) is 6.04. The highest BCUT2D eigenvalue weighted by Crippen LogP contribution is 2.30. The van der Waals surface area contributed by atoms with E-state index in [1.807, 2.05) is 49.3 Å². The molecule has 2 amide bonds. The lowest BCUT2D eigenvalue weighted by atomic mass is 10.2. The molecule has 7 heteroatoms. The maximum absolute atomic E-state index is 12.1. The van der Waals surface area contributed by atoms with Crippen molar-refractivity contribution in [3.05, 3.63) is 47.9 Å². The Balaban J connectivity index is 1.49. The highest BCUT2D eigenvalue weighted by atomic mass is 16.6. The van der Waals surface area contributed by atoms with Gasteiger partial charge in [0.05, 0.1) is 12.3 Å². The molecule has 0 saturated heterocycles. The lowest BCUT2D eigenvalue weighted by molar-refractivity contribution is 0.171. The molecule has 1 atom stereocenters. The highest BCUT2D eigenvalue weighted by molar-refractivity contribution is 5.73. The molecule has 0 saturated carbocycles. The van der Waals surface area contributed by atoms with Crippen molar-refractivity contribution < 1.29 is 18.7 Å². The lowest BCUT2D eigenvalue weighted by Crippen LogP contribution is -2.40. The molecule has 1 aromatic heterocycles. The molecule has 0 aliphatic carbocycles. The smallest absolute Gasteiger partial charge is 0.315 e. The molecular formula is C18H23N3O4. The van der Waals surface area contributed by atoms with E-state index in [-0.39, 0.29) is 12.1 Å². The first kappa shape index (κ1) is 17.2. The zero-order valence-corrected chi connectivity index (χ0v) is 14.5. The zero-order valence-electron chi connectivity index (χ0n) is 14.5. The summed E-state index contributed by atoms with van der Waals surface area (Å²) in [7, 11) is 3.89. The van der Waals surface area contributed by atoms with Crippen LogP contribution in [-0.2, 0) is 6.54 Å². The van der Waals surface area contributed by atoms with Crippen LogP contribution in [0.4, 0.5) is 4.79 Å². The van der Waals surface area contributed by atoms with Gasteiger partial charge in [0.25, 0.3) is 0 Å². The molecule has 2 aromatic rings. The first-order valence-electron chi connectivity index (χ1n) is 8.23. The van der Waals surface area contributed by atoms with Crippen LogP contribution in [0.3, 0.4) is 0 Å². The van der Waals surface area contributed by atoms with E-state index in [2.05, 4.69) is 10.6 Å². The molecule has 2 heterocycles. The molecule has 7 nitrogen and oxygen atoms in total. The van der Waals surface area contributed by atoms with Gasteiger partial charge in [-0.25, -0.2) is 4.79 Å². The maximum atomic E-state index is 12.1. The van der Waals surface area contributed by atoms with Crippen LogP contribution < -0.4 is 20.1 Å². The number of benzene rings is 1. The van der Waals surface area contributed by atoms with Gasteiger partial charge in [0, 0.05) is 13.1 Å². The molecule has 2 N–H and O–H groups in total. The molecule has 3 rings (SSSR count). The third-order valence-electron chi connectivity index (χ3n) is 4.01. The third-order valence-corrected chi connectivity index (χ3v) is 4.01. The predicted octanol–water partition coefficient (Wildman–Crippen LogP) is 2.15. The second kappa shape index (κ2) is 7.94. The van der Waals surface area contributed by atoms with E-state index in [1.165, 1.54) is 0 Å².